The minimum absolute atomic E-state index is 0.0398. The van der Waals surface area contributed by atoms with Gasteiger partial charge in [-0.3, -0.25) is 9.59 Å². The van der Waals surface area contributed by atoms with Crippen LogP contribution in [0.25, 0.3) is 0 Å². The number of amides is 2. The van der Waals surface area contributed by atoms with Crippen LogP contribution < -0.4 is 10.6 Å². The zero-order chi connectivity index (χ0) is 24.0. The number of primary amides is 1. The Morgan fingerprint density at radius 1 is 1.12 bits per heavy atom. The minimum Gasteiger partial charge on any atom is -0.372 e. The summed E-state index contributed by atoms with van der Waals surface area (Å²) in [5.41, 5.74) is -0.0715. The molecule has 1 saturated heterocycles. The van der Waals surface area contributed by atoms with Crippen LogP contribution in [0.4, 0.5) is 18.9 Å². The van der Waals surface area contributed by atoms with Gasteiger partial charge in [0.05, 0.1) is 11.3 Å². The van der Waals surface area contributed by atoms with Crippen molar-refractivity contribution < 1.29 is 27.9 Å². The van der Waals surface area contributed by atoms with E-state index in [4.69, 9.17) is 17.3 Å². The van der Waals surface area contributed by atoms with Gasteiger partial charge in [-0.2, -0.15) is 13.2 Å². The molecule has 0 spiro atoms. The molecule has 0 aliphatic carbocycles. The summed E-state index contributed by atoms with van der Waals surface area (Å²) in [6.07, 6.45) is -1.87. The number of rotatable bonds is 5. The molecule has 33 heavy (non-hydrogen) atoms. The third kappa shape index (κ3) is 4.09. The molecule has 2 aromatic rings. The van der Waals surface area contributed by atoms with Crippen LogP contribution in [-0.4, -0.2) is 48.0 Å². The van der Waals surface area contributed by atoms with Gasteiger partial charge >= 0.3 is 6.18 Å². The summed E-state index contributed by atoms with van der Waals surface area (Å²) in [7, 11) is 0. The number of likely N-dealkylation sites (tertiary alicyclic amines) is 1. The van der Waals surface area contributed by atoms with Gasteiger partial charge in [0, 0.05) is 34.8 Å². The highest BCUT2D eigenvalue weighted by molar-refractivity contribution is 6.32. The lowest BCUT2D eigenvalue weighted by Crippen LogP contribution is -2.45. The number of nitrogens with zero attached hydrogens (tertiary/aromatic N) is 2. The Balaban J connectivity index is 1.91. The van der Waals surface area contributed by atoms with E-state index in [2.05, 4.69) is 4.90 Å². The fraction of sp³-hybridized carbons (Fsp3) is 0.391. The first-order valence-electron chi connectivity index (χ1n) is 10.6. The Kier molecular flexibility index (Phi) is 6.15. The van der Waals surface area contributed by atoms with Crippen molar-refractivity contribution in [2.75, 3.05) is 31.1 Å². The number of halogens is 4. The van der Waals surface area contributed by atoms with Crippen molar-refractivity contribution in [3.8, 4) is 0 Å². The van der Waals surface area contributed by atoms with E-state index in [1.54, 1.807) is 6.07 Å². The fourth-order valence-corrected chi connectivity index (χ4v) is 4.92. The number of fused-ring (bicyclic) bond motifs is 1. The van der Waals surface area contributed by atoms with E-state index in [9.17, 15) is 27.9 Å². The van der Waals surface area contributed by atoms with Crippen LogP contribution in [0.3, 0.4) is 0 Å². The second-order valence-corrected chi connectivity index (χ2v) is 8.74. The third-order valence-corrected chi connectivity index (χ3v) is 6.60. The van der Waals surface area contributed by atoms with Crippen molar-refractivity contribution in [2.45, 2.75) is 31.0 Å². The molecule has 1 fully saturated rings. The molecule has 2 amide bonds. The van der Waals surface area contributed by atoms with Crippen LogP contribution in [0.5, 0.6) is 0 Å². The highest BCUT2D eigenvalue weighted by atomic mass is 35.5. The van der Waals surface area contributed by atoms with Crippen LogP contribution >= 0.6 is 11.6 Å². The zero-order valence-electron chi connectivity index (χ0n) is 17.7. The third-order valence-electron chi connectivity index (χ3n) is 6.27. The van der Waals surface area contributed by atoms with E-state index in [0.29, 0.717) is 12.6 Å². The maximum absolute atomic E-state index is 14.1. The summed E-state index contributed by atoms with van der Waals surface area (Å²) in [5, 5.41) is 11.6. The van der Waals surface area contributed by atoms with Crippen molar-refractivity contribution >= 4 is 29.1 Å². The van der Waals surface area contributed by atoms with Gasteiger partial charge in [0.1, 0.15) is 0 Å². The summed E-state index contributed by atoms with van der Waals surface area (Å²) in [5.74, 6) is -2.02. The van der Waals surface area contributed by atoms with Crippen LogP contribution in [0, 0.1) is 0 Å². The number of carbonyl (C=O) groups is 2. The van der Waals surface area contributed by atoms with E-state index in [1.165, 1.54) is 18.2 Å². The Morgan fingerprint density at radius 2 is 1.79 bits per heavy atom. The van der Waals surface area contributed by atoms with Crippen molar-refractivity contribution in [3.63, 3.8) is 0 Å². The Morgan fingerprint density at radius 3 is 2.39 bits per heavy atom. The number of anilines is 1. The molecule has 2 aliphatic rings. The molecule has 4 rings (SSSR count). The highest BCUT2D eigenvalue weighted by Gasteiger charge is 2.56. The topological polar surface area (TPSA) is 86.9 Å². The van der Waals surface area contributed by atoms with E-state index in [1.807, 2.05) is 0 Å². The van der Waals surface area contributed by atoms with Gasteiger partial charge < -0.3 is 20.6 Å². The number of benzene rings is 2. The molecule has 0 radical (unpaired) electrons. The molecular weight excluding hydrogens is 459 g/mol. The second-order valence-electron chi connectivity index (χ2n) is 8.33. The molecule has 2 aromatic carbocycles. The molecule has 1 unspecified atom stereocenters. The molecule has 1 atom stereocenters. The second kappa shape index (κ2) is 8.62. The molecule has 0 aromatic heterocycles. The van der Waals surface area contributed by atoms with Gasteiger partial charge in [-0.1, -0.05) is 36.2 Å². The normalized spacial score (nSPS) is 21.4. The van der Waals surface area contributed by atoms with Crippen LogP contribution in [0.2, 0.25) is 5.02 Å². The van der Waals surface area contributed by atoms with Crippen molar-refractivity contribution in [1.29, 1.82) is 0 Å². The number of aliphatic hydroxyl groups is 1. The molecule has 0 saturated carbocycles. The number of hydrogen-bond donors (Lipinski definition) is 2. The fourth-order valence-electron chi connectivity index (χ4n) is 4.65. The molecular formula is C23H23ClF3N3O3. The average molecular weight is 482 g/mol. The largest absolute Gasteiger partial charge is 0.416 e. The van der Waals surface area contributed by atoms with E-state index in [0.717, 1.165) is 43.3 Å². The van der Waals surface area contributed by atoms with Crippen LogP contribution in [0.15, 0.2) is 36.4 Å². The zero-order valence-corrected chi connectivity index (χ0v) is 18.4. The van der Waals surface area contributed by atoms with E-state index in [-0.39, 0.29) is 22.8 Å². The number of carbonyl (C=O) groups excluding carboxylic acids is 2. The van der Waals surface area contributed by atoms with Gasteiger partial charge in [-0.15, -0.1) is 0 Å². The molecule has 176 valence electrons. The van der Waals surface area contributed by atoms with Crippen molar-refractivity contribution in [2.24, 2.45) is 5.73 Å². The lowest BCUT2D eigenvalue weighted by Gasteiger charge is -2.29. The lowest BCUT2D eigenvalue weighted by molar-refractivity contribution is -0.142. The van der Waals surface area contributed by atoms with Crippen molar-refractivity contribution in [3.05, 3.63) is 63.7 Å². The van der Waals surface area contributed by atoms with Crippen LogP contribution in [-0.2, 0) is 16.6 Å². The van der Waals surface area contributed by atoms with Crippen LogP contribution in [0.1, 0.15) is 46.3 Å². The first-order chi connectivity index (χ1) is 15.5. The average Bonchev–Trinajstić information content (AvgIpc) is 2.99. The Bertz CT molecular complexity index is 1100. The lowest BCUT2D eigenvalue weighted by atomic mass is 9.83. The summed E-state index contributed by atoms with van der Waals surface area (Å²) < 4.78 is 42.4. The SMILES string of the molecule is NC(=O)c1cc2c(c(C(F)(F)F)c1)C(O)(c1ccccc1Cl)C(=O)N2CCN1CCCCC1. The van der Waals surface area contributed by atoms with Crippen molar-refractivity contribution in [1.82, 2.24) is 4.90 Å². The summed E-state index contributed by atoms with van der Waals surface area (Å²) in [6.45, 7) is 2.08. The summed E-state index contributed by atoms with van der Waals surface area (Å²) in [4.78, 5) is 28.6. The van der Waals surface area contributed by atoms with E-state index < -0.39 is 40.3 Å². The molecule has 10 heteroatoms. The first kappa shape index (κ1) is 23.5. The quantitative estimate of drug-likeness (QED) is 0.684. The number of alkyl halides is 3. The van der Waals surface area contributed by atoms with Gasteiger partial charge in [-0.25, -0.2) is 0 Å². The minimum atomic E-state index is -4.96. The molecule has 6 nitrogen and oxygen atoms in total. The van der Waals surface area contributed by atoms with Gasteiger partial charge in [0.25, 0.3) is 5.91 Å². The Labute approximate surface area is 193 Å². The molecule has 2 aliphatic heterocycles. The predicted octanol–water partition coefficient (Wildman–Crippen LogP) is 3.53. The first-order valence-corrected chi connectivity index (χ1v) is 11.0. The van der Waals surface area contributed by atoms with Gasteiger partial charge in [0.15, 0.2) is 5.60 Å². The maximum Gasteiger partial charge on any atom is 0.416 e. The van der Waals surface area contributed by atoms with Gasteiger partial charge in [0.2, 0.25) is 5.91 Å². The standard InChI is InChI=1S/C23H23ClF3N3O3/c24-17-7-3-2-6-15(17)22(33)19-16(23(25,26)27)12-14(20(28)31)13-18(19)30(21(22)32)11-10-29-8-4-1-5-9-29/h2-3,6-7,12-13,33H,1,4-5,8-11H2,(H2,28,31). The predicted molar refractivity (Wildman–Crippen MR) is 117 cm³/mol. The molecule has 2 heterocycles. The number of hydrogen-bond acceptors (Lipinski definition) is 4. The molecule has 3 N–H and O–H groups in total. The monoisotopic (exact) mass is 481 g/mol. The van der Waals surface area contributed by atoms with E-state index >= 15 is 0 Å². The Hall–Kier alpha value is -2.62. The smallest absolute Gasteiger partial charge is 0.372 e. The summed E-state index contributed by atoms with van der Waals surface area (Å²) >= 11 is 6.23. The van der Waals surface area contributed by atoms with Gasteiger partial charge in [-0.05, 0) is 44.1 Å². The highest BCUT2D eigenvalue weighted by Crippen LogP contribution is 2.51. The maximum atomic E-state index is 14.1. The number of nitrogens with two attached hydrogens (primary N) is 1. The molecule has 0 bridgehead atoms. The summed E-state index contributed by atoms with van der Waals surface area (Å²) in [6, 6.07) is 7.45. The number of piperidine rings is 1.